The minimum absolute atomic E-state index is 0.0731. The molecule has 4 aromatic rings. The predicted octanol–water partition coefficient (Wildman–Crippen LogP) is 5.53. The minimum atomic E-state index is -0.329. The van der Waals surface area contributed by atoms with E-state index in [-0.39, 0.29) is 17.6 Å². The van der Waals surface area contributed by atoms with Crippen molar-refractivity contribution in [2.45, 2.75) is 25.7 Å². The number of hydrogen-bond acceptors (Lipinski definition) is 4. The van der Waals surface area contributed by atoms with E-state index in [2.05, 4.69) is 10.1 Å². The molecule has 0 unspecified atom stereocenters. The molecule has 0 radical (unpaired) electrons. The van der Waals surface area contributed by atoms with Gasteiger partial charge >= 0.3 is 0 Å². The van der Waals surface area contributed by atoms with Crippen molar-refractivity contribution in [3.63, 3.8) is 0 Å². The number of para-hydroxylation sites is 2. The topological polar surface area (TPSA) is 64.2 Å². The Morgan fingerprint density at radius 3 is 2.61 bits per heavy atom. The van der Waals surface area contributed by atoms with Crippen molar-refractivity contribution in [3.8, 4) is 5.69 Å². The van der Waals surface area contributed by atoms with Gasteiger partial charge in [0.1, 0.15) is 16.5 Å². The van der Waals surface area contributed by atoms with Crippen LogP contribution in [0, 0.1) is 12.7 Å². The summed E-state index contributed by atoms with van der Waals surface area (Å²) < 4.78 is 20.7. The van der Waals surface area contributed by atoms with Gasteiger partial charge in [0, 0.05) is 30.6 Å². The normalized spacial score (nSPS) is 15.1. The highest BCUT2D eigenvalue weighted by Gasteiger charge is 2.26. The third-order valence-corrected chi connectivity index (χ3v) is 6.34. The Balaban J connectivity index is 1.25. The smallest absolute Gasteiger partial charge is 0.246 e. The highest BCUT2D eigenvalue weighted by Crippen LogP contribution is 2.30. The van der Waals surface area contributed by atoms with Gasteiger partial charge in [-0.05, 0) is 62.2 Å². The lowest BCUT2D eigenvalue weighted by molar-refractivity contribution is -0.127. The van der Waals surface area contributed by atoms with Crippen LogP contribution in [0.15, 0.2) is 59.0 Å². The molecule has 2 aromatic carbocycles. The molecule has 33 heavy (non-hydrogen) atoms. The van der Waals surface area contributed by atoms with Crippen molar-refractivity contribution in [3.05, 3.63) is 82.7 Å². The molecule has 0 N–H and O–H groups in total. The van der Waals surface area contributed by atoms with E-state index in [0.29, 0.717) is 35.2 Å². The standard InChI is InChI=1S/C25H22ClFN4O2/c1-16-20(24(26)31(29-16)19-8-6-18(27)7-9-19)10-11-23(32)30-14-12-17(13-15-30)25-28-21-4-2-3-5-22(21)33-25/h2-11,17H,12-15H2,1H3/b11-10+. The highest BCUT2D eigenvalue weighted by atomic mass is 35.5. The van der Waals surface area contributed by atoms with Crippen LogP contribution in [0.3, 0.4) is 0 Å². The average molecular weight is 465 g/mol. The second-order valence-electron chi connectivity index (χ2n) is 8.13. The molecule has 8 heteroatoms. The number of likely N-dealkylation sites (tertiary alicyclic amines) is 1. The number of amides is 1. The molecule has 0 spiro atoms. The van der Waals surface area contributed by atoms with Gasteiger partial charge in [0.05, 0.1) is 11.4 Å². The summed E-state index contributed by atoms with van der Waals surface area (Å²) in [6.45, 7) is 3.09. The molecule has 0 saturated carbocycles. The summed E-state index contributed by atoms with van der Waals surface area (Å²) in [6, 6.07) is 13.7. The fourth-order valence-corrected chi connectivity index (χ4v) is 4.46. The van der Waals surface area contributed by atoms with E-state index in [0.717, 1.165) is 29.8 Å². The van der Waals surface area contributed by atoms with Crippen LogP contribution < -0.4 is 0 Å². The zero-order valence-corrected chi connectivity index (χ0v) is 18.8. The quantitative estimate of drug-likeness (QED) is 0.372. The van der Waals surface area contributed by atoms with Crippen LogP contribution >= 0.6 is 11.6 Å². The first-order chi connectivity index (χ1) is 16.0. The Kier molecular flexibility index (Phi) is 5.72. The summed E-state index contributed by atoms with van der Waals surface area (Å²) >= 11 is 6.51. The van der Waals surface area contributed by atoms with E-state index in [1.54, 1.807) is 18.2 Å². The summed E-state index contributed by atoms with van der Waals surface area (Å²) in [7, 11) is 0. The number of aryl methyl sites for hydroxylation is 1. The van der Waals surface area contributed by atoms with Crippen LogP contribution in [0.25, 0.3) is 22.9 Å². The molecule has 1 saturated heterocycles. The number of hydrogen-bond donors (Lipinski definition) is 0. The summed E-state index contributed by atoms with van der Waals surface area (Å²) in [4.78, 5) is 19.2. The van der Waals surface area contributed by atoms with Gasteiger partial charge in [-0.3, -0.25) is 4.79 Å². The van der Waals surface area contributed by atoms with E-state index in [4.69, 9.17) is 16.0 Å². The van der Waals surface area contributed by atoms with Crippen LogP contribution in [-0.2, 0) is 4.79 Å². The number of benzene rings is 2. The fraction of sp³-hybridized carbons (Fsp3) is 0.240. The summed E-state index contributed by atoms with van der Waals surface area (Å²) in [5, 5.41) is 4.80. The molecule has 0 aliphatic carbocycles. The first kappa shape index (κ1) is 21.4. The second-order valence-corrected chi connectivity index (χ2v) is 8.49. The summed E-state index contributed by atoms with van der Waals surface area (Å²) in [6.07, 6.45) is 4.83. The van der Waals surface area contributed by atoms with Gasteiger partial charge in [-0.25, -0.2) is 14.1 Å². The van der Waals surface area contributed by atoms with E-state index in [1.807, 2.05) is 36.1 Å². The number of rotatable bonds is 4. The molecule has 1 fully saturated rings. The van der Waals surface area contributed by atoms with Crippen molar-refractivity contribution >= 4 is 34.7 Å². The first-order valence-corrected chi connectivity index (χ1v) is 11.2. The Bertz CT molecular complexity index is 1300. The fourth-order valence-electron chi connectivity index (χ4n) is 4.13. The Labute approximate surface area is 195 Å². The average Bonchev–Trinajstić information content (AvgIpc) is 3.39. The maximum Gasteiger partial charge on any atom is 0.246 e. The zero-order valence-electron chi connectivity index (χ0n) is 18.0. The zero-order chi connectivity index (χ0) is 22.9. The van der Waals surface area contributed by atoms with Crippen LogP contribution in [0.2, 0.25) is 5.15 Å². The molecule has 3 heterocycles. The van der Waals surface area contributed by atoms with Crippen molar-refractivity contribution in [1.29, 1.82) is 0 Å². The number of aromatic nitrogens is 3. The number of nitrogens with zero attached hydrogens (tertiary/aromatic N) is 4. The van der Waals surface area contributed by atoms with Crippen molar-refractivity contribution in [1.82, 2.24) is 19.7 Å². The monoisotopic (exact) mass is 464 g/mol. The van der Waals surface area contributed by atoms with Gasteiger partial charge in [0.15, 0.2) is 11.5 Å². The molecule has 1 aliphatic rings. The van der Waals surface area contributed by atoms with Gasteiger partial charge in [-0.15, -0.1) is 0 Å². The van der Waals surface area contributed by atoms with Crippen LogP contribution in [0.5, 0.6) is 0 Å². The van der Waals surface area contributed by atoms with Crippen LogP contribution in [0.4, 0.5) is 4.39 Å². The lowest BCUT2D eigenvalue weighted by atomic mass is 9.96. The largest absolute Gasteiger partial charge is 0.440 e. The van der Waals surface area contributed by atoms with Crippen molar-refractivity contribution < 1.29 is 13.6 Å². The van der Waals surface area contributed by atoms with Gasteiger partial charge < -0.3 is 9.32 Å². The Morgan fingerprint density at radius 2 is 1.88 bits per heavy atom. The second kappa shape index (κ2) is 8.83. The molecule has 0 atom stereocenters. The lowest BCUT2D eigenvalue weighted by Gasteiger charge is -2.29. The Hall–Kier alpha value is -3.45. The molecule has 1 aliphatic heterocycles. The van der Waals surface area contributed by atoms with Gasteiger partial charge in [0.25, 0.3) is 0 Å². The van der Waals surface area contributed by atoms with E-state index in [9.17, 15) is 9.18 Å². The number of carbonyl (C=O) groups excluding carboxylic acids is 1. The van der Waals surface area contributed by atoms with Gasteiger partial charge in [-0.1, -0.05) is 23.7 Å². The summed E-state index contributed by atoms with van der Waals surface area (Å²) in [5.41, 5.74) is 3.65. The molecule has 1 amide bonds. The number of fused-ring (bicyclic) bond motifs is 1. The third-order valence-electron chi connectivity index (χ3n) is 5.98. The van der Waals surface area contributed by atoms with E-state index < -0.39 is 0 Å². The molecular weight excluding hydrogens is 443 g/mol. The number of oxazole rings is 1. The number of carbonyl (C=O) groups is 1. The molecule has 2 aromatic heterocycles. The molecular formula is C25H22ClFN4O2. The SMILES string of the molecule is Cc1nn(-c2ccc(F)cc2)c(Cl)c1/C=C/C(=O)N1CCC(c2nc3ccccc3o2)CC1. The molecule has 5 rings (SSSR count). The maximum absolute atomic E-state index is 13.2. The number of piperidine rings is 1. The third kappa shape index (κ3) is 4.28. The van der Waals surface area contributed by atoms with Crippen LogP contribution in [-0.4, -0.2) is 38.7 Å². The molecule has 6 nitrogen and oxygen atoms in total. The summed E-state index contributed by atoms with van der Waals surface area (Å²) in [5.74, 6) is 0.547. The van der Waals surface area contributed by atoms with Gasteiger partial charge in [0.2, 0.25) is 5.91 Å². The van der Waals surface area contributed by atoms with E-state index >= 15 is 0 Å². The van der Waals surface area contributed by atoms with Crippen molar-refractivity contribution in [2.24, 2.45) is 0 Å². The number of halogens is 2. The van der Waals surface area contributed by atoms with E-state index in [1.165, 1.54) is 22.9 Å². The highest BCUT2D eigenvalue weighted by molar-refractivity contribution is 6.31. The molecule has 168 valence electrons. The van der Waals surface area contributed by atoms with Crippen molar-refractivity contribution in [2.75, 3.05) is 13.1 Å². The molecule has 0 bridgehead atoms. The Morgan fingerprint density at radius 1 is 1.15 bits per heavy atom. The van der Waals surface area contributed by atoms with Crippen LogP contribution in [0.1, 0.15) is 35.9 Å². The van der Waals surface area contributed by atoms with Gasteiger partial charge in [-0.2, -0.15) is 5.10 Å². The minimum Gasteiger partial charge on any atom is -0.440 e. The maximum atomic E-state index is 13.2. The predicted molar refractivity (Wildman–Crippen MR) is 125 cm³/mol. The lowest BCUT2D eigenvalue weighted by Crippen LogP contribution is -2.36. The first-order valence-electron chi connectivity index (χ1n) is 10.8.